The van der Waals surface area contributed by atoms with E-state index in [9.17, 15) is 0 Å². The molecule has 2 nitrogen and oxygen atoms in total. The fourth-order valence-corrected chi connectivity index (χ4v) is 22.5. The van der Waals surface area contributed by atoms with Gasteiger partial charge in [-0.3, -0.25) is 0 Å². The highest BCUT2D eigenvalue weighted by atomic mass is 15.2. The minimum absolute atomic E-state index is 0.0574. The van der Waals surface area contributed by atoms with Crippen LogP contribution in [0.15, 0.2) is 162 Å². The van der Waals surface area contributed by atoms with E-state index < -0.39 is 0 Å². The van der Waals surface area contributed by atoms with E-state index in [1.165, 1.54) is 141 Å². The van der Waals surface area contributed by atoms with Gasteiger partial charge >= 0.3 is 0 Å². The zero-order valence-electron chi connectivity index (χ0n) is 46.2. The van der Waals surface area contributed by atoms with Gasteiger partial charge in [0.2, 0.25) is 0 Å². The second kappa shape index (κ2) is 15.5. The first-order valence-electron chi connectivity index (χ1n) is 31.3. The van der Waals surface area contributed by atoms with Crippen molar-refractivity contribution in [2.45, 2.75) is 195 Å². The summed E-state index contributed by atoms with van der Waals surface area (Å²) < 4.78 is 0. The minimum Gasteiger partial charge on any atom is -0.341 e. The summed E-state index contributed by atoms with van der Waals surface area (Å²) in [6.45, 7) is 16.6. The van der Waals surface area contributed by atoms with Crippen molar-refractivity contribution < 1.29 is 0 Å². The van der Waals surface area contributed by atoms with E-state index in [0.717, 1.165) is 23.7 Å². The van der Waals surface area contributed by atoms with Crippen LogP contribution in [0.1, 0.15) is 194 Å². The van der Waals surface area contributed by atoms with Crippen molar-refractivity contribution in [3.63, 3.8) is 0 Å². The average molecular weight is 977 g/mol. The molecule has 0 saturated heterocycles. The smallest absolute Gasteiger partial charge is 0.0588 e. The molecular formula is C72H84N2. The van der Waals surface area contributed by atoms with Crippen molar-refractivity contribution in [2.24, 2.45) is 69.5 Å². The Hall–Kier alpha value is -4.30. The lowest BCUT2D eigenvalue weighted by atomic mass is 9.46. The minimum atomic E-state index is -0.0574. The fraction of sp³-hybridized carbons (Fsp3) is 0.583. The van der Waals surface area contributed by atoms with Crippen LogP contribution in [0.5, 0.6) is 0 Å². The molecule has 15 aliphatic carbocycles. The molecule has 1 aromatic rings. The molecular weight excluding hydrogens is 893 g/mol. The van der Waals surface area contributed by atoms with E-state index in [0.29, 0.717) is 47.1 Å². The van der Waals surface area contributed by atoms with E-state index in [-0.39, 0.29) is 10.8 Å². The van der Waals surface area contributed by atoms with Gasteiger partial charge in [0, 0.05) is 52.0 Å². The molecule has 16 aliphatic rings. The number of aryl methyl sites for hydroxylation is 1. The Morgan fingerprint density at radius 2 is 1.54 bits per heavy atom. The Kier molecular flexibility index (Phi) is 9.36. The molecule has 1 aliphatic heterocycles. The molecule has 2 heteroatoms. The fourth-order valence-electron chi connectivity index (χ4n) is 22.5. The Morgan fingerprint density at radius 1 is 0.689 bits per heavy atom. The van der Waals surface area contributed by atoms with Gasteiger partial charge in [-0.1, -0.05) is 132 Å². The summed E-state index contributed by atoms with van der Waals surface area (Å²) in [4.78, 5) is 6.50. The molecule has 0 spiro atoms. The van der Waals surface area contributed by atoms with E-state index in [1.807, 2.05) is 44.8 Å². The first-order chi connectivity index (χ1) is 36.1. The largest absolute Gasteiger partial charge is 0.341 e. The monoisotopic (exact) mass is 977 g/mol. The standard InChI is InChI=1S/C72H84N2/c1-40-38-60(73(57-29-15-20-41-18-7-9-22-44(41)57)59-31-17-26-48-46-24-11-13-27-54(46)71(4,5)65(48)59)53-39-56-62-50(36-37-70(56,2)3)67-69(51-34-32-43(40)61(53)63(51)62)74(58-30-16-21-42-19-8-10-23-45(42)58)68-52-35-33-49-47-25-12-14-28-55(47)72(67,6)66(49)64(52)68/h7-8,10,12,18-19,23,25,29,33,35,40,46,48,51,54,56,58-59,63-65H,9,11,13-17,20-22,24,26-28,30-32,34,36-39H2,1-6H3/t40?,46?,48?,51?,54?,56?,58?,59?,63?,64-,65?,72?/m0/s1. The summed E-state index contributed by atoms with van der Waals surface area (Å²) in [7, 11) is 0. The summed E-state index contributed by atoms with van der Waals surface area (Å²) in [6, 6.07) is 10.8. The highest BCUT2D eigenvalue weighted by molar-refractivity contribution is 5.80. The summed E-state index contributed by atoms with van der Waals surface area (Å²) in [5, 5.41) is 0. The number of nitrogens with zero attached hydrogens (tertiary/aromatic N) is 2. The Morgan fingerprint density at radius 3 is 2.46 bits per heavy atom. The van der Waals surface area contributed by atoms with Crippen molar-refractivity contribution >= 4 is 0 Å². The van der Waals surface area contributed by atoms with Gasteiger partial charge in [-0.2, -0.15) is 0 Å². The number of rotatable bonds is 4. The van der Waals surface area contributed by atoms with Gasteiger partial charge in [0.25, 0.3) is 0 Å². The van der Waals surface area contributed by atoms with Crippen molar-refractivity contribution in [2.75, 3.05) is 0 Å². The molecule has 1 heterocycles. The van der Waals surface area contributed by atoms with Gasteiger partial charge in [-0.15, -0.1) is 0 Å². The highest BCUT2D eigenvalue weighted by Crippen LogP contribution is 2.76. The quantitative estimate of drug-likeness (QED) is 0.297. The third-order valence-electron chi connectivity index (χ3n) is 25.3. The van der Waals surface area contributed by atoms with Gasteiger partial charge in [0.1, 0.15) is 0 Å². The van der Waals surface area contributed by atoms with E-state index in [2.05, 4.69) is 118 Å². The van der Waals surface area contributed by atoms with E-state index in [4.69, 9.17) is 0 Å². The van der Waals surface area contributed by atoms with Crippen LogP contribution in [0, 0.1) is 69.5 Å². The van der Waals surface area contributed by atoms with Crippen molar-refractivity contribution in [3.05, 3.63) is 173 Å². The molecule has 12 atom stereocenters. The zero-order valence-corrected chi connectivity index (χ0v) is 46.2. The molecule has 0 radical (unpaired) electrons. The molecule has 0 amide bonds. The predicted molar refractivity (Wildman–Crippen MR) is 302 cm³/mol. The first-order valence-corrected chi connectivity index (χ1v) is 31.3. The van der Waals surface area contributed by atoms with Crippen LogP contribution in [-0.4, -0.2) is 15.8 Å². The SMILES string of the molecule is CC1CC(N(C2=CCCC3=C2CCC=C3)C2CCCC3C4CCCCC4C(C)(C)C32)=C2CC3C4=C(CCC3(C)C)C3=C(C5CCC1=C2C45)N(C1CCCc2ccccc21)C1=C2C=CC4=C([C@H]21)C3(C)C1=C4C=CCC1. The molecule has 4 fully saturated rings. The van der Waals surface area contributed by atoms with Crippen molar-refractivity contribution in [3.8, 4) is 0 Å². The van der Waals surface area contributed by atoms with Crippen LogP contribution in [0.25, 0.3) is 0 Å². The summed E-state index contributed by atoms with van der Waals surface area (Å²) in [5.74, 6) is 6.11. The lowest BCUT2D eigenvalue weighted by molar-refractivity contribution is 0.0467. The van der Waals surface area contributed by atoms with Crippen molar-refractivity contribution in [1.82, 2.24) is 9.80 Å². The van der Waals surface area contributed by atoms with Gasteiger partial charge in [-0.05, 0) is 248 Å². The molecule has 74 heavy (non-hydrogen) atoms. The van der Waals surface area contributed by atoms with Gasteiger partial charge in [0.05, 0.1) is 6.04 Å². The highest BCUT2D eigenvalue weighted by Gasteiger charge is 2.66. The molecule has 17 rings (SSSR count). The third kappa shape index (κ3) is 5.61. The van der Waals surface area contributed by atoms with Crippen LogP contribution in [0.4, 0.5) is 0 Å². The molecule has 0 N–H and O–H groups in total. The van der Waals surface area contributed by atoms with Crippen LogP contribution in [-0.2, 0) is 6.42 Å². The molecule has 1 aromatic carbocycles. The normalized spacial score (nSPS) is 40.1. The molecule has 11 unspecified atom stereocenters. The summed E-state index contributed by atoms with van der Waals surface area (Å²) in [6.07, 6.45) is 47.0. The number of allylic oxidation sites excluding steroid dienone is 22. The number of fused-ring (bicyclic) bond motifs is 9. The van der Waals surface area contributed by atoms with Crippen molar-refractivity contribution in [1.29, 1.82) is 0 Å². The number of hydrogen-bond acceptors (Lipinski definition) is 2. The van der Waals surface area contributed by atoms with Gasteiger partial charge in [-0.25, -0.2) is 0 Å². The van der Waals surface area contributed by atoms with Crippen LogP contribution in [0.2, 0.25) is 0 Å². The Labute approximate surface area is 445 Å². The molecule has 382 valence electrons. The predicted octanol–water partition coefficient (Wildman–Crippen LogP) is 18.1. The second-order valence-electron chi connectivity index (χ2n) is 28.9. The van der Waals surface area contributed by atoms with E-state index in [1.54, 1.807) is 61.5 Å². The van der Waals surface area contributed by atoms with Crippen LogP contribution >= 0.6 is 0 Å². The summed E-state index contributed by atoms with van der Waals surface area (Å²) >= 11 is 0. The maximum atomic E-state index is 3.30. The van der Waals surface area contributed by atoms with Gasteiger partial charge < -0.3 is 9.80 Å². The topological polar surface area (TPSA) is 6.48 Å². The maximum Gasteiger partial charge on any atom is 0.0588 e. The number of benzene rings is 1. The average Bonchev–Trinajstić information content (AvgIpc) is 4.25. The summed E-state index contributed by atoms with van der Waals surface area (Å²) in [5.41, 5.74) is 34.1. The molecule has 4 saturated carbocycles. The molecule has 0 bridgehead atoms. The Bertz CT molecular complexity index is 3180. The Balaban J connectivity index is 0.914. The number of hydrogen-bond donors (Lipinski definition) is 0. The van der Waals surface area contributed by atoms with Gasteiger partial charge in [0.15, 0.2) is 0 Å². The zero-order chi connectivity index (χ0) is 49.3. The lowest BCUT2D eigenvalue weighted by Crippen LogP contribution is -2.52. The van der Waals surface area contributed by atoms with E-state index >= 15 is 0 Å². The lowest BCUT2D eigenvalue weighted by Gasteiger charge is -2.60. The molecule has 0 aromatic heterocycles. The van der Waals surface area contributed by atoms with Crippen LogP contribution < -0.4 is 0 Å². The first kappa shape index (κ1) is 44.8. The third-order valence-corrected chi connectivity index (χ3v) is 25.3. The van der Waals surface area contributed by atoms with Crippen LogP contribution in [0.3, 0.4) is 0 Å². The second-order valence-corrected chi connectivity index (χ2v) is 28.9. The maximum absolute atomic E-state index is 3.30.